The van der Waals surface area contributed by atoms with E-state index in [1.54, 1.807) is 23.4 Å². The van der Waals surface area contributed by atoms with E-state index in [2.05, 4.69) is 45.6 Å². The quantitative estimate of drug-likeness (QED) is 0.272. The first kappa shape index (κ1) is 26.5. The van der Waals surface area contributed by atoms with Crippen molar-refractivity contribution in [3.05, 3.63) is 39.0 Å². The molecule has 1 N–H and O–H groups in total. The summed E-state index contributed by atoms with van der Waals surface area (Å²) in [4.78, 5) is 31.8. The van der Waals surface area contributed by atoms with E-state index < -0.39 is 11.4 Å². The second-order valence-electron chi connectivity index (χ2n) is 10.6. The van der Waals surface area contributed by atoms with Crippen LogP contribution >= 0.6 is 22.6 Å². The number of aliphatic carboxylic acids is 1. The number of anilines is 2. The van der Waals surface area contributed by atoms with Crippen LogP contribution in [0.4, 0.5) is 11.5 Å². The summed E-state index contributed by atoms with van der Waals surface area (Å²) in [5, 5.41) is 14.3. The number of fused-ring (bicyclic) bond motifs is 1. The molecule has 38 heavy (non-hydrogen) atoms. The molecule has 1 amide bonds. The largest absolute Gasteiger partial charge is 0.481 e. The Morgan fingerprint density at radius 2 is 2.03 bits per heavy atom. The number of halogens is 1. The van der Waals surface area contributed by atoms with Crippen molar-refractivity contribution in [2.24, 2.45) is 12.5 Å². The van der Waals surface area contributed by atoms with E-state index in [4.69, 9.17) is 9.72 Å². The predicted octanol–water partition coefficient (Wildman–Crippen LogP) is 5.86. The van der Waals surface area contributed by atoms with Gasteiger partial charge in [-0.05, 0) is 123 Å². The summed E-state index contributed by atoms with van der Waals surface area (Å²) >= 11 is 2.34. The fourth-order valence-electron chi connectivity index (χ4n) is 5.28. The molecule has 2 atom stereocenters. The van der Waals surface area contributed by atoms with Crippen LogP contribution in [0.2, 0.25) is 0 Å². The number of aromatic nitrogens is 3. The number of benzene rings is 1. The van der Waals surface area contributed by atoms with Crippen LogP contribution in [0.3, 0.4) is 0 Å². The topological polar surface area (TPSA) is 97.6 Å². The van der Waals surface area contributed by atoms with E-state index in [1.807, 2.05) is 32.2 Å². The van der Waals surface area contributed by atoms with Crippen molar-refractivity contribution < 1.29 is 19.4 Å². The van der Waals surface area contributed by atoms with Crippen LogP contribution in [-0.4, -0.2) is 37.9 Å². The minimum Gasteiger partial charge on any atom is -0.481 e. The molecule has 198 valence electrons. The Morgan fingerprint density at radius 3 is 2.71 bits per heavy atom. The number of rotatable bonds is 6. The lowest BCUT2D eigenvalue weighted by atomic mass is 9.74. The molecule has 0 bridgehead atoms. The Balaban J connectivity index is 1.58. The van der Waals surface area contributed by atoms with E-state index in [-0.39, 0.29) is 12.0 Å². The predicted molar refractivity (Wildman–Crippen MR) is 154 cm³/mol. The number of aryl methyl sites for hydroxylation is 2. The Bertz CT molecular complexity index is 1500. The zero-order valence-corrected chi connectivity index (χ0v) is 24.2. The molecular formula is C29H31IN4O4. The molecule has 2 aliphatic rings. The first-order valence-electron chi connectivity index (χ1n) is 12.9. The van der Waals surface area contributed by atoms with E-state index in [0.29, 0.717) is 36.0 Å². The van der Waals surface area contributed by atoms with Crippen LogP contribution in [0.5, 0.6) is 5.88 Å². The molecule has 2 fully saturated rings. The molecule has 2 aromatic heterocycles. The summed E-state index contributed by atoms with van der Waals surface area (Å²) in [5.41, 5.74) is 3.49. The Morgan fingerprint density at radius 1 is 1.26 bits per heavy atom. The number of carboxylic acids is 1. The Kier molecular flexibility index (Phi) is 7.11. The lowest BCUT2D eigenvalue weighted by molar-refractivity contribution is -0.151. The molecule has 5 rings (SSSR count). The van der Waals surface area contributed by atoms with Crippen molar-refractivity contribution >= 4 is 57.0 Å². The molecule has 0 saturated heterocycles. The van der Waals surface area contributed by atoms with Gasteiger partial charge in [0.2, 0.25) is 0 Å². The first-order valence-corrected chi connectivity index (χ1v) is 14.0. The normalized spacial score (nSPS) is 21.0. The van der Waals surface area contributed by atoms with Crippen molar-refractivity contribution in [1.82, 2.24) is 14.8 Å². The number of carbonyl (C=O) groups excluding carboxylic acids is 1. The maximum atomic E-state index is 13.4. The number of carboxylic acid groups (broad SMARTS) is 1. The summed E-state index contributed by atoms with van der Waals surface area (Å²) in [7, 11) is 1.82. The van der Waals surface area contributed by atoms with Gasteiger partial charge in [0.25, 0.3) is 5.88 Å². The van der Waals surface area contributed by atoms with Gasteiger partial charge in [0.15, 0.2) is 5.52 Å². The monoisotopic (exact) mass is 626 g/mol. The summed E-state index contributed by atoms with van der Waals surface area (Å²) in [5.74, 6) is 5.50. The third kappa shape index (κ3) is 4.98. The third-order valence-corrected chi connectivity index (χ3v) is 8.77. The SMILES string of the molecule is CC#CC(=O)N(c1ccc2c(n1)c(O[C@H]1CCC[C@](C)(C(=O)O)C1)nn2C)c1cc(C)c(I)cc1C1CC1. The second kappa shape index (κ2) is 10.2. The number of amides is 1. The molecule has 1 aromatic carbocycles. The zero-order chi connectivity index (χ0) is 27.2. The molecule has 0 radical (unpaired) electrons. The van der Waals surface area contributed by atoms with E-state index in [9.17, 15) is 14.7 Å². The Hall–Kier alpha value is -3.13. The van der Waals surface area contributed by atoms with Gasteiger partial charge >= 0.3 is 11.9 Å². The third-order valence-electron chi connectivity index (χ3n) is 7.61. The molecule has 8 nitrogen and oxygen atoms in total. The van der Waals surface area contributed by atoms with Crippen molar-refractivity contribution in [2.75, 3.05) is 4.90 Å². The maximum Gasteiger partial charge on any atom is 0.309 e. The van der Waals surface area contributed by atoms with Crippen molar-refractivity contribution in [1.29, 1.82) is 0 Å². The van der Waals surface area contributed by atoms with Gasteiger partial charge < -0.3 is 9.84 Å². The first-order chi connectivity index (χ1) is 18.1. The molecule has 9 heteroatoms. The molecule has 2 heterocycles. The average Bonchev–Trinajstić information content (AvgIpc) is 3.67. The van der Waals surface area contributed by atoms with Gasteiger partial charge in [0, 0.05) is 17.0 Å². The van der Waals surface area contributed by atoms with Crippen molar-refractivity contribution in [3.8, 4) is 17.7 Å². The van der Waals surface area contributed by atoms with Crippen molar-refractivity contribution in [3.63, 3.8) is 0 Å². The van der Waals surface area contributed by atoms with E-state index in [1.165, 1.54) is 0 Å². The molecular weight excluding hydrogens is 595 g/mol. The number of hydrogen-bond donors (Lipinski definition) is 1. The minimum absolute atomic E-state index is 0.280. The van der Waals surface area contributed by atoms with Gasteiger partial charge in [-0.25, -0.2) is 4.98 Å². The van der Waals surface area contributed by atoms with Crippen LogP contribution < -0.4 is 9.64 Å². The molecule has 0 aliphatic heterocycles. The number of pyridine rings is 1. The zero-order valence-electron chi connectivity index (χ0n) is 22.0. The molecule has 2 saturated carbocycles. The fraction of sp³-hybridized carbons (Fsp3) is 0.448. The summed E-state index contributed by atoms with van der Waals surface area (Å²) in [6.45, 7) is 5.46. The van der Waals surface area contributed by atoms with E-state index >= 15 is 0 Å². The van der Waals surface area contributed by atoms with Crippen LogP contribution in [0.15, 0.2) is 24.3 Å². The average molecular weight is 626 g/mol. The maximum absolute atomic E-state index is 13.4. The highest BCUT2D eigenvalue weighted by Crippen LogP contribution is 2.47. The summed E-state index contributed by atoms with van der Waals surface area (Å²) in [6, 6.07) is 7.92. The summed E-state index contributed by atoms with van der Waals surface area (Å²) in [6.07, 6.45) is 4.46. The van der Waals surface area contributed by atoms with Crippen LogP contribution in [-0.2, 0) is 16.6 Å². The highest BCUT2D eigenvalue weighted by molar-refractivity contribution is 14.1. The van der Waals surface area contributed by atoms with Gasteiger partial charge in [-0.15, -0.1) is 5.10 Å². The van der Waals surface area contributed by atoms with Gasteiger partial charge in [-0.2, -0.15) is 0 Å². The lowest BCUT2D eigenvalue weighted by Gasteiger charge is -2.34. The number of ether oxygens (including phenoxy) is 1. The van der Waals surface area contributed by atoms with Gasteiger partial charge in [0.1, 0.15) is 11.9 Å². The summed E-state index contributed by atoms with van der Waals surface area (Å²) < 4.78 is 9.16. The highest BCUT2D eigenvalue weighted by atomic mass is 127. The van der Waals surface area contributed by atoms with E-state index in [0.717, 1.165) is 51.6 Å². The van der Waals surface area contributed by atoms with Gasteiger partial charge in [-0.3, -0.25) is 19.2 Å². The molecule has 2 aliphatic carbocycles. The van der Waals surface area contributed by atoms with Gasteiger partial charge in [-0.1, -0.05) is 5.92 Å². The van der Waals surface area contributed by atoms with Gasteiger partial charge in [0.05, 0.1) is 16.6 Å². The Labute approximate surface area is 235 Å². The number of hydrogen-bond acceptors (Lipinski definition) is 5. The fourth-order valence-corrected chi connectivity index (χ4v) is 5.77. The molecule has 0 spiro atoms. The lowest BCUT2D eigenvalue weighted by Crippen LogP contribution is -2.38. The molecule has 0 unspecified atom stereocenters. The standard InChI is InChI=1S/C29H31IN4O4/c1-5-7-25(35)34(23-14-17(2)21(30)15-20(23)18-9-10-18)24-12-11-22-26(31-24)27(32-33(22)4)38-19-8-6-13-29(3,16-19)28(36)37/h11-12,14-15,18-19H,6,8-10,13,16H2,1-4H3,(H,36,37)/t19-,29-/m0/s1. The minimum atomic E-state index is -0.823. The van der Waals surface area contributed by atoms with Crippen LogP contribution in [0.1, 0.15) is 69.4 Å². The number of carbonyl (C=O) groups is 2. The van der Waals surface area contributed by atoms with Crippen LogP contribution in [0.25, 0.3) is 11.0 Å². The second-order valence-corrected chi connectivity index (χ2v) is 11.8. The van der Waals surface area contributed by atoms with Crippen LogP contribution in [0, 0.1) is 27.7 Å². The molecule has 3 aromatic rings. The van der Waals surface area contributed by atoms with Crippen molar-refractivity contribution in [2.45, 2.75) is 71.3 Å². The number of nitrogens with zero attached hydrogens (tertiary/aromatic N) is 4. The smallest absolute Gasteiger partial charge is 0.309 e. The highest BCUT2D eigenvalue weighted by Gasteiger charge is 2.40.